The molecule has 1 aliphatic carbocycles. The number of carbonyl (C=O) groups excluding carboxylic acids is 1. The summed E-state index contributed by atoms with van der Waals surface area (Å²) < 4.78 is 43.8. The van der Waals surface area contributed by atoms with E-state index in [9.17, 15) is 18.0 Å². The molecule has 3 aliphatic rings. The first kappa shape index (κ1) is 24.4. The Morgan fingerprint density at radius 3 is 2.56 bits per heavy atom. The van der Waals surface area contributed by atoms with Gasteiger partial charge in [0, 0.05) is 18.7 Å². The minimum absolute atomic E-state index is 0.143. The second kappa shape index (κ2) is 10.6. The number of alkyl halides is 3. The van der Waals surface area contributed by atoms with E-state index in [2.05, 4.69) is 9.88 Å². The fraction of sp³-hybridized carbons (Fsp3) is 0.682. The Bertz CT molecular complexity index is 800. The minimum atomic E-state index is -5.08. The zero-order valence-corrected chi connectivity index (χ0v) is 18.0. The molecule has 0 aromatic carbocycles. The van der Waals surface area contributed by atoms with Crippen molar-refractivity contribution in [2.75, 3.05) is 13.2 Å². The lowest BCUT2D eigenvalue weighted by atomic mass is 9.99. The van der Waals surface area contributed by atoms with Crippen LogP contribution in [0.5, 0.6) is 0 Å². The maximum Gasteiger partial charge on any atom is 0.490 e. The van der Waals surface area contributed by atoms with Crippen LogP contribution < -0.4 is 0 Å². The zero-order chi connectivity index (χ0) is 23.3. The molecule has 1 saturated carbocycles. The number of rotatable bonds is 6. The van der Waals surface area contributed by atoms with Crippen LogP contribution >= 0.6 is 0 Å². The molecule has 1 aromatic rings. The molecule has 178 valence electrons. The van der Waals surface area contributed by atoms with E-state index >= 15 is 0 Å². The van der Waals surface area contributed by atoms with E-state index in [0.717, 1.165) is 43.6 Å². The minimum Gasteiger partial charge on any atom is -0.475 e. The molecule has 10 heteroatoms. The van der Waals surface area contributed by atoms with Crippen LogP contribution in [0.1, 0.15) is 49.9 Å². The molecule has 3 fully saturated rings. The molecule has 0 spiro atoms. The molecule has 32 heavy (non-hydrogen) atoms. The summed E-state index contributed by atoms with van der Waals surface area (Å²) in [6, 6.07) is 6.28. The Labute approximate surface area is 184 Å². The molecule has 0 bridgehead atoms. The summed E-state index contributed by atoms with van der Waals surface area (Å²) in [7, 11) is 0. The Morgan fingerprint density at radius 2 is 1.94 bits per heavy atom. The van der Waals surface area contributed by atoms with Gasteiger partial charge in [0.25, 0.3) is 0 Å². The van der Waals surface area contributed by atoms with Gasteiger partial charge < -0.3 is 19.5 Å². The van der Waals surface area contributed by atoms with E-state index in [1.807, 2.05) is 25.1 Å². The molecule has 1 N–H and O–H groups in total. The van der Waals surface area contributed by atoms with E-state index in [-0.39, 0.29) is 12.2 Å². The summed E-state index contributed by atoms with van der Waals surface area (Å²) >= 11 is 0. The molecule has 0 unspecified atom stereocenters. The predicted octanol–water partition coefficient (Wildman–Crippen LogP) is 3.49. The van der Waals surface area contributed by atoms with Gasteiger partial charge in [-0.2, -0.15) is 13.2 Å². The highest BCUT2D eigenvalue weighted by Crippen LogP contribution is 2.36. The number of amides is 1. The van der Waals surface area contributed by atoms with Crippen molar-refractivity contribution in [3.63, 3.8) is 0 Å². The van der Waals surface area contributed by atoms with Gasteiger partial charge >= 0.3 is 12.1 Å². The van der Waals surface area contributed by atoms with E-state index in [0.29, 0.717) is 31.1 Å². The van der Waals surface area contributed by atoms with Gasteiger partial charge in [0.1, 0.15) is 0 Å². The highest BCUT2D eigenvalue weighted by molar-refractivity contribution is 5.77. The number of hydrogen-bond donors (Lipinski definition) is 1. The Hall–Kier alpha value is -2.20. The Balaban J connectivity index is 0.000000360. The number of aromatic nitrogens is 1. The number of halogens is 3. The molecule has 1 aromatic heterocycles. The van der Waals surface area contributed by atoms with Crippen molar-refractivity contribution >= 4 is 11.9 Å². The molecular formula is C22H29F3N2O5. The number of aliphatic carboxylic acids is 1. The van der Waals surface area contributed by atoms with Gasteiger partial charge in [0.2, 0.25) is 5.91 Å². The van der Waals surface area contributed by atoms with Gasteiger partial charge in [-0.05, 0) is 57.1 Å². The van der Waals surface area contributed by atoms with Crippen molar-refractivity contribution in [2.45, 2.75) is 76.5 Å². The number of fused-ring (bicyclic) bond motifs is 1. The molecule has 2 aliphatic heterocycles. The number of likely N-dealkylation sites (tertiary alicyclic amines) is 1. The fourth-order valence-electron chi connectivity index (χ4n) is 4.09. The van der Waals surface area contributed by atoms with Crippen LogP contribution in [-0.2, 0) is 25.7 Å². The van der Waals surface area contributed by atoms with Crippen LogP contribution in [0.25, 0.3) is 0 Å². The lowest BCUT2D eigenvalue weighted by Crippen LogP contribution is -2.46. The van der Waals surface area contributed by atoms with Crippen molar-refractivity contribution in [2.24, 2.45) is 5.92 Å². The van der Waals surface area contributed by atoms with Gasteiger partial charge in [-0.25, -0.2) is 4.79 Å². The third-order valence-electron chi connectivity index (χ3n) is 5.86. The van der Waals surface area contributed by atoms with Gasteiger partial charge in [0.15, 0.2) is 0 Å². The molecular weight excluding hydrogens is 429 g/mol. The second-order valence-electron chi connectivity index (χ2n) is 8.55. The van der Waals surface area contributed by atoms with E-state index in [4.69, 9.17) is 19.4 Å². The van der Waals surface area contributed by atoms with Gasteiger partial charge in [-0.1, -0.05) is 6.07 Å². The average molecular weight is 458 g/mol. The van der Waals surface area contributed by atoms with E-state index in [1.165, 1.54) is 12.8 Å². The normalized spacial score (nSPS) is 25.0. The van der Waals surface area contributed by atoms with Crippen LogP contribution in [0.15, 0.2) is 18.2 Å². The summed E-state index contributed by atoms with van der Waals surface area (Å²) in [6.45, 7) is 3.99. The lowest BCUT2D eigenvalue weighted by molar-refractivity contribution is -0.192. The number of nitrogens with zero attached hydrogens (tertiary/aromatic N) is 2. The zero-order valence-electron chi connectivity index (χ0n) is 18.0. The third kappa shape index (κ3) is 7.16. The number of ether oxygens (including phenoxy) is 2. The number of carbonyl (C=O) groups is 2. The standard InChI is InChI=1S/C20H28N2O3.C2HF3O2/c1-14-3-2-4-16(21-14)12-24-13-17-7-8-18-19(25-17)9-10-22(18)20(23)11-15-5-6-15;3-2(4,5)1(6)7/h2-4,15,17-19H,5-13H2,1H3;(H,6,7)/t17-,18+,19+;/m1./s1. The largest absolute Gasteiger partial charge is 0.490 e. The van der Waals surface area contributed by atoms with Crippen LogP contribution in [0.3, 0.4) is 0 Å². The summed E-state index contributed by atoms with van der Waals surface area (Å²) in [5.74, 6) is -1.75. The topological polar surface area (TPSA) is 89.0 Å². The molecule has 3 atom stereocenters. The molecule has 1 amide bonds. The number of pyridine rings is 1. The smallest absolute Gasteiger partial charge is 0.475 e. The number of carboxylic acids is 1. The molecule has 0 radical (unpaired) electrons. The first-order valence-corrected chi connectivity index (χ1v) is 10.9. The van der Waals surface area contributed by atoms with Crippen molar-refractivity contribution in [3.8, 4) is 0 Å². The van der Waals surface area contributed by atoms with Crippen LogP contribution in [0.4, 0.5) is 13.2 Å². The van der Waals surface area contributed by atoms with Gasteiger partial charge in [0.05, 0.1) is 37.2 Å². The predicted molar refractivity (Wildman–Crippen MR) is 108 cm³/mol. The Kier molecular flexibility index (Phi) is 8.10. The lowest BCUT2D eigenvalue weighted by Gasteiger charge is -2.36. The van der Waals surface area contributed by atoms with E-state index < -0.39 is 12.1 Å². The fourth-order valence-corrected chi connectivity index (χ4v) is 4.09. The van der Waals surface area contributed by atoms with Crippen LogP contribution in [0, 0.1) is 12.8 Å². The maximum atomic E-state index is 12.4. The van der Waals surface area contributed by atoms with Crippen LogP contribution in [0.2, 0.25) is 0 Å². The summed E-state index contributed by atoms with van der Waals surface area (Å²) in [5, 5.41) is 7.12. The number of hydrogen-bond acceptors (Lipinski definition) is 5. The third-order valence-corrected chi connectivity index (χ3v) is 5.86. The average Bonchev–Trinajstić information content (AvgIpc) is 3.43. The number of aryl methyl sites for hydroxylation is 1. The van der Waals surface area contributed by atoms with Crippen molar-refractivity contribution < 1.29 is 37.3 Å². The maximum absolute atomic E-state index is 12.4. The SMILES string of the molecule is Cc1cccc(COC[C@H]2CC[C@H]3[C@H](CCN3C(=O)CC3CC3)O2)n1.O=C(O)C(F)(F)F. The highest BCUT2D eigenvalue weighted by atomic mass is 19.4. The van der Waals surface area contributed by atoms with Gasteiger partial charge in [-0.3, -0.25) is 9.78 Å². The van der Waals surface area contributed by atoms with Crippen molar-refractivity contribution in [1.29, 1.82) is 0 Å². The first-order chi connectivity index (χ1) is 15.1. The van der Waals surface area contributed by atoms with E-state index in [1.54, 1.807) is 0 Å². The molecule has 4 rings (SSSR count). The summed E-state index contributed by atoms with van der Waals surface area (Å²) in [6.07, 6.45) is 1.45. The summed E-state index contributed by atoms with van der Waals surface area (Å²) in [4.78, 5) is 27.9. The van der Waals surface area contributed by atoms with Crippen molar-refractivity contribution in [3.05, 3.63) is 29.6 Å². The quantitative estimate of drug-likeness (QED) is 0.702. The molecule has 2 saturated heterocycles. The second-order valence-corrected chi connectivity index (χ2v) is 8.55. The van der Waals surface area contributed by atoms with Gasteiger partial charge in [-0.15, -0.1) is 0 Å². The first-order valence-electron chi connectivity index (χ1n) is 10.9. The molecule has 3 heterocycles. The van der Waals surface area contributed by atoms with Crippen molar-refractivity contribution in [1.82, 2.24) is 9.88 Å². The molecule has 7 nitrogen and oxygen atoms in total. The highest BCUT2D eigenvalue weighted by Gasteiger charge is 2.42. The monoisotopic (exact) mass is 458 g/mol. The summed E-state index contributed by atoms with van der Waals surface area (Å²) in [5.41, 5.74) is 1.98. The van der Waals surface area contributed by atoms with Crippen LogP contribution in [-0.4, -0.2) is 64.4 Å². The Morgan fingerprint density at radius 1 is 1.22 bits per heavy atom. The number of carboxylic acid groups (broad SMARTS) is 1.